The standard InChI is InChI=1S/C20H24FN3/c1-23-10-3-5-19-18(14-23)17-12-16(21)6-7-20(17)24(19)11-8-15-4-2-9-22-13-15/h2,4,6-7,9,12-13,18-19H,3,5,8,10-11,14H2,1H3/t18-,19?/m0/s1. The van der Waals surface area contributed by atoms with Gasteiger partial charge in [-0.05, 0) is 68.2 Å². The summed E-state index contributed by atoms with van der Waals surface area (Å²) in [4.78, 5) is 9.13. The number of aromatic nitrogens is 1. The van der Waals surface area contributed by atoms with E-state index in [0.29, 0.717) is 12.0 Å². The summed E-state index contributed by atoms with van der Waals surface area (Å²) >= 11 is 0. The van der Waals surface area contributed by atoms with Crippen molar-refractivity contribution in [2.45, 2.75) is 31.2 Å². The predicted octanol–water partition coefficient (Wildman–Crippen LogP) is 3.46. The van der Waals surface area contributed by atoms with E-state index in [1.165, 1.54) is 29.7 Å². The summed E-state index contributed by atoms with van der Waals surface area (Å²) in [5, 5.41) is 0. The van der Waals surface area contributed by atoms with Crippen LogP contribution >= 0.6 is 0 Å². The molecule has 3 nitrogen and oxygen atoms in total. The Morgan fingerprint density at radius 3 is 3.04 bits per heavy atom. The van der Waals surface area contributed by atoms with Gasteiger partial charge in [-0.1, -0.05) is 6.07 Å². The monoisotopic (exact) mass is 325 g/mol. The van der Waals surface area contributed by atoms with Crippen LogP contribution < -0.4 is 4.90 Å². The van der Waals surface area contributed by atoms with Crippen LogP contribution in [0.1, 0.15) is 29.9 Å². The second-order valence-electron chi connectivity index (χ2n) is 7.09. The lowest BCUT2D eigenvalue weighted by atomic mass is 9.93. The van der Waals surface area contributed by atoms with E-state index in [9.17, 15) is 4.39 Å². The average Bonchev–Trinajstić information content (AvgIpc) is 2.73. The van der Waals surface area contributed by atoms with Crippen LogP contribution in [0.25, 0.3) is 0 Å². The zero-order valence-electron chi connectivity index (χ0n) is 14.2. The first-order valence-corrected chi connectivity index (χ1v) is 8.86. The molecule has 0 N–H and O–H groups in total. The molecule has 0 amide bonds. The Balaban J connectivity index is 1.63. The molecule has 0 aliphatic carbocycles. The van der Waals surface area contributed by atoms with Gasteiger partial charge in [0.05, 0.1) is 0 Å². The molecule has 1 aromatic carbocycles. The first kappa shape index (κ1) is 15.6. The van der Waals surface area contributed by atoms with Gasteiger partial charge in [0, 0.05) is 43.1 Å². The molecule has 24 heavy (non-hydrogen) atoms. The molecule has 2 aromatic rings. The molecule has 0 radical (unpaired) electrons. The minimum Gasteiger partial charge on any atom is -0.367 e. The van der Waals surface area contributed by atoms with Gasteiger partial charge in [-0.2, -0.15) is 0 Å². The predicted molar refractivity (Wildman–Crippen MR) is 94.9 cm³/mol. The molecule has 4 heteroatoms. The smallest absolute Gasteiger partial charge is 0.123 e. The highest BCUT2D eigenvalue weighted by Gasteiger charge is 2.39. The molecule has 1 fully saturated rings. The highest BCUT2D eigenvalue weighted by atomic mass is 19.1. The summed E-state index contributed by atoms with van der Waals surface area (Å²) in [6.45, 7) is 3.12. The summed E-state index contributed by atoms with van der Waals surface area (Å²) < 4.78 is 13.9. The molecule has 0 bridgehead atoms. The SMILES string of the molecule is CN1CCCC2[C@@H](C1)c1cc(F)ccc1N2CCc1cccnc1. The number of halogens is 1. The van der Waals surface area contributed by atoms with Gasteiger partial charge in [0.1, 0.15) is 5.82 Å². The van der Waals surface area contributed by atoms with Gasteiger partial charge in [0.15, 0.2) is 0 Å². The maximum Gasteiger partial charge on any atom is 0.123 e. The number of nitrogens with zero attached hydrogens (tertiary/aromatic N) is 3. The number of likely N-dealkylation sites (N-methyl/N-ethyl adjacent to an activating group) is 1. The second kappa shape index (κ2) is 6.52. The maximum atomic E-state index is 13.9. The molecule has 1 unspecified atom stereocenters. The van der Waals surface area contributed by atoms with Gasteiger partial charge < -0.3 is 9.80 Å². The lowest BCUT2D eigenvalue weighted by Gasteiger charge is -2.29. The maximum absolute atomic E-state index is 13.9. The Bertz CT molecular complexity index is 703. The Hall–Kier alpha value is -1.94. The van der Waals surface area contributed by atoms with Crippen molar-refractivity contribution in [2.75, 3.05) is 31.6 Å². The van der Waals surface area contributed by atoms with Crippen LogP contribution in [-0.4, -0.2) is 42.6 Å². The topological polar surface area (TPSA) is 19.4 Å². The number of hydrogen-bond acceptors (Lipinski definition) is 3. The van der Waals surface area contributed by atoms with Crippen molar-refractivity contribution in [1.29, 1.82) is 0 Å². The minimum atomic E-state index is -0.117. The van der Waals surface area contributed by atoms with E-state index < -0.39 is 0 Å². The van der Waals surface area contributed by atoms with Crippen LogP contribution in [0.3, 0.4) is 0 Å². The third-order valence-corrected chi connectivity index (χ3v) is 5.48. The molecule has 4 rings (SSSR count). The van der Waals surface area contributed by atoms with Crippen LogP contribution in [0.5, 0.6) is 0 Å². The Labute approximate surface area is 143 Å². The van der Waals surface area contributed by atoms with E-state index in [1.807, 2.05) is 24.5 Å². The lowest BCUT2D eigenvalue weighted by molar-refractivity contribution is 0.330. The van der Waals surface area contributed by atoms with E-state index >= 15 is 0 Å². The fraction of sp³-hybridized carbons (Fsp3) is 0.450. The van der Waals surface area contributed by atoms with E-state index in [2.05, 4.69) is 27.9 Å². The molecule has 126 valence electrons. The Kier molecular flexibility index (Phi) is 4.23. The van der Waals surface area contributed by atoms with Crippen LogP contribution in [0.15, 0.2) is 42.7 Å². The molecule has 3 heterocycles. The van der Waals surface area contributed by atoms with Crippen molar-refractivity contribution in [2.24, 2.45) is 0 Å². The number of benzene rings is 1. The Morgan fingerprint density at radius 1 is 1.29 bits per heavy atom. The summed E-state index contributed by atoms with van der Waals surface area (Å²) in [6.07, 6.45) is 7.12. The quantitative estimate of drug-likeness (QED) is 0.861. The van der Waals surface area contributed by atoms with Gasteiger partial charge in [-0.25, -0.2) is 4.39 Å². The summed E-state index contributed by atoms with van der Waals surface area (Å²) in [5.74, 6) is 0.297. The fourth-order valence-electron chi connectivity index (χ4n) is 4.34. The van der Waals surface area contributed by atoms with Crippen molar-refractivity contribution >= 4 is 5.69 Å². The number of rotatable bonds is 3. The molecular weight excluding hydrogens is 301 g/mol. The molecular formula is C20H24FN3. The lowest BCUT2D eigenvalue weighted by Crippen LogP contribution is -2.37. The molecule has 1 aromatic heterocycles. The summed E-state index contributed by atoms with van der Waals surface area (Å²) in [7, 11) is 2.18. The molecule has 2 atom stereocenters. The third kappa shape index (κ3) is 2.91. The summed E-state index contributed by atoms with van der Waals surface area (Å²) in [5.41, 5.74) is 3.68. The highest BCUT2D eigenvalue weighted by Crippen LogP contribution is 2.44. The number of anilines is 1. The second-order valence-corrected chi connectivity index (χ2v) is 7.09. The van der Waals surface area contributed by atoms with Crippen molar-refractivity contribution in [1.82, 2.24) is 9.88 Å². The zero-order valence-corrected chi connectivity index (χ0v) is 14.2. The number of likely N-dealkylation sites (tertiary alicyclic amines) is 1. The van der Waals surface area contributed by atoms with E-state index in [1.54, 1.807) is 12.1 Å². The fourth-order valence-corrected chi connectivity index (χ4v) is 4.34. The van der Waals surface area contributed by atoms with Crippen LogP contribution in [-0.2, 0) is 6.42 Å². The minimum absolute atomic E-state index is 0.117. The molecule has 2 aliphatic heterocycles. The molecule has 0 spiro atoms. The first-order chi connectivity index (χ1) is 11.7. The number of fused-ring (bicyclic) bond motifs is 3. The largest absolute Gasteiger partial charge is 0.367 e. The van der Waals surface area contributed by atoms with Crippen LogP contribution in [0.4, 0.5) is 10.1 Å². The van der Waals surface area contributed by atoms with Crippen molar-refractivity contribution in [3.8, 4) is 0 Å². The molecule has 2 aliphatic rings. The van der Waals surface area contributed by atoms with E-state index in [-0.39, 0.29) is 5.82 Å². The number of pyridine rings is 1. The highest BCUT2D eigenvalue weighted by molar-refractivity contribution is 5.62. The first-order valence-electron chi connectivity index (χ1n) is 8.86. The van der Waals surface area contributed by atoms with E-state index in [4.69, 9.17) is 0 Å². The van der Waals surface area contributed by atoms with Gasteiger partial charge in [0.2, 0.25) is 0 Å². The van der Waals surface area contributed by atoms with Gasteiger partial charge >= 0.3 is 0 Å². The number of hydrogen-bond donors (Lipinski definition) is 0. The van der Waals surface area contributed by atoms with Crippen molar-refractivity contribution in [3.05, 3.63) is 59.7 Å². The van der Waals surface area contributed by atoms with E-state index in [0.717, 1.165) is 26.1 Å². The van der Waals surface area contributed by atoms with Crippen LogP contribution in [0, 0.1) is 5.82 Å². The summed E-state index contributed by atoms with van der Waals surface area (Å²) in [6, 6.07) is 9.95. The molecule has 0 saturated carbocycles. The van der Waals surface area contributed by atoms with Gasteiger partial charge in [-0.15, -0.1) is 0 Å². The third-order valence-electron chi connectivity index (χ3n) is 5.48. The normalized spacial score (nSPS) is 23.7. The van der Waals surface area contributed by atoms with Gasteiger partial charge in [0.25, 0.3) is 0 Å². The molecule has 1 saturated heterocycles. The van der Waals surface area contributed by atoms with Crippen molar-refractivity contribution < 1.29 is 4.39 Å². The van der Waals surface area contributed by atoms with Gasteiger partial charge in [-0.3, -0.25) is 4.98 Å². The van der Waals surface area contributed by atoms with Crippen LogP contribution in [0.2, 0.25) is 0 Å². The average molecular weight is 325 g/mol. The van der Waals surface area contributed by atoms with Crippen molar-refractivity contribution in [3.63, 3.8) is 0 Å². The Morgan fingerprint density at radius 2 is 2.21 bits per heavy atom. The zero-order chi connectivity index (χ0) is 16.5.